The molecular formula is C18H28N3O2. The third-order valence-corrected chi connectivity index (χ3v) is 4.29. The minimum absolute atomic E-state index is 0.321. The van der Waals surface area contributed by atoms with E-state index in [2.05, 4.69) is 28.0 Å². The molecule has 2 N–H and O–H groups in total. The summed E-state index contributed by atoms with van der Waals surface area (Å²) in [7, 11) is 0. The fourth-order valence-electron chi connectivity index (χ4n) is 2.82. The van der Waals surface area contributed by atoms with Crippen molar-refractivity contribution in [3.05, 3.63) is 35.7 Å². The van der Waals surface area contributed by atoms with Crippen LogP contribution in [0.15, 0.2) is 24.3 Å². The lowest BCUT2D eigenvalue weighted by Gasteiger charge is -2.36. The Kier molecular flexibility index (Phi) is 6.86. The molecule has 1 saturated heterocycles. The van der Waals surface area contributed by atoms with Crippen LogP contribution in [0.1, 0.15) is 19.4 Å². The van der Waals surface area contributed by atoms with E-state index in [1.54, 1.807) is 6.92 Å². The van der Waals surface area contributed by atoms with Gasteiger partial charge in [0.25, 0.3) is 0 Å². The SMILES string of the molecule is CCOCCN1CCN(c2cccc(C[C](C)C(N)=O)c2)CC1. The van der Waals surface area contributed by atoms with Gasteiger partial charge in [-0.3, -0.25) is 9.69 Å². The van der Waals surface area contributed by atoms with E-state index in [4.69, 9.17) is 10.5 Å². The molecule has 0 bridgehead atoms. The van der Waals surface area contributed by atoms with Crippen molar-refractivity contribution >= 4 is 11.6 Å². The molecule has 0 saturated carbocycles. The van der Waals surface area contributed by atoms with Gasteiger partial charge < -0.3 is 15.4 Å². The third-order valence-electron chi connectivity index (χ3n) is 4.29. The monoisotopic (exact) mass is 318 g/mol. The molecule has 0 aromatic heterocycles. The number of ether oxygens (including phenoxy) is 1. The van der Waals surface area contributed by atoms with Gasteiger partial charge in [0.1, 0.15) is 0 Å². The van der Waals surface area contributed by atoms with E-state index >= 15 is 0 Å². The van der Waals surface area contributed by atoms with Crippen LogP contribution < -0.4 is 10.6 Å². The van der Waals surface area contributed by atoms with E-state index in [1.807, 2.05) is 13.0 Å². The van der Waals surface area contributed by atoms with E-state index in [0.29, 0.717) is 12.3 Å². The summed E-state index contributed by atoms with van der Waals surface area (Å²) in [6.45, 7) is 10.6. The molecule has 1 aromatic rings. The Morgan fingerprint density at radius 2 is 2.00 bits per heavy atom. The van der Waals surface area contributed by atoms with Crippen molar-refractivity contribution in [2.24, 2.45) is 5.73 Å². The Balaban J connectivity index is 1.87. The molecule has 1 aliphatic heterocycles. The summed E-state index contributed by atoms with van der Waals surface area (Å²) in [5.41, 5.74) is 7.69. The van der Waals surface area contributed by atoms with Gasteiger partial charge in [0.05, 0.1) is 12.5 Å². The molecule has 1 heterocycles. The van der Waals surface area contributed by atoms with E-state index in [9.17, 15) is 4.79 Å². The second-order valence-electron chi connectivity index (χ2n) is 6.02. The molecule has 1 radical (unpaired) electrons. The van der Waals surface area contributed by atoms with Crippen molar-refractivity contribution in [1.82, 2.24) is 4.90 Å². The average Bonchev–Trinajstić information content (AvgIpc) is 2.56. The predicted molar refractivity (Wildman–Crippen MR) is 93.4 cm³/mol. The molecule has 2 rings (SSSR count). The number of hydrogen-bond donors (Lipinski definition) is 1. The van der Waals surface area contributed by atoms with E-state index in [-0.39, 0.29) is 5.91 Å². The number of primary amides is 1. The molecule has 23 heavy (non-hydrogen) atoms. The van der Waals surface area contributed by atoms with Gasteiger partial charge in [-0.05, 0) is 38.0 Å². The number of hydrogen-bond acceptors (Lipinski definition) is 4. The Bertz CT molecular complexity index is 499. The summed E-state index contributed by atoms with van der Waals surface area (Å²) in [5, 5.41) is 0. The van der Waals surface area contributed by atoms with Crippen LogP contribution in [0.2, 0.25) is 0 Å². The fraction of sp³-hybridized carbons (Fsp3) is 0.556. The van der Waals surface area contributed by atoms with Gasteiger partial charge in [0, 0.05) is 45.0 Å². The number of anilines is 1. The maximum absolute atomic E-state index is 11.2. The van der Waals surface area contributed by atoms with Crippen molar-refractivity contribution < 1.29 is 9.53 Å². The van der Waals surface area contributed by atoms with Gasteiger partial charge in [-0.2, -0.15) is 0 Å². The molecular weight excluding hydrogens is 290 g/mol. The first-order valence-corrected chi connectivity index (χ1v) is 8.36. The first-order valence-electron chi connectivity index (χ1n) is 8.36. The summed E-state index contributed by atoms with van der Waals surface area (Å²) >= 11 is 0. The highest BCUT2D eigenvalue weighted by Gasteiger charge is 2.17. The molecule has 0 aliphatic carbocycles. The van der Waals surface area contributed by atoms with Gasteiger partial charge in [0.2, 0.25) is 5.91 Å². The van der Waals surface area contributed by atoms with Gasteiger partial charge in [-0.15, -0.1) is 0 Å². The molecule has 1 fully saturated rings. The van der Waals surface area contributed by atoms with Crippen LogP contribution >= 0.6 is 0 Å². The quantitative estimate of drug-likeness (QED) is 0.738. The Morgan fingerprint density at radius 3 is 2.65 bits per heavy atom. The van der Waals surface area contributed by atoms with Crippen LogP contribution in [0.4, 0.5) is 5.69 Å². The highest BCUT2D eigenvalue weighted by molar-refractivity contribution is 5.88. The van der Waals surface area contributed by atoms with Crippen LogP contribution in [-0.2, 0) is 16.0 Å². The van der Waals surface area contributed by atoms with Crippen LogP contribution in [0.25, 0.3) is 0 Å². The summed E-state index contributed by atoms with van der Waals surface area (Å²) in [6.07, 6.45) is 0.623. The number of piperazine rings is 1. The first-order chi connectivity index (χ1) is 11.1. The minimum atomic E-state index is -0.321. The maximum Gasteiger partial charge on any atom is 0.224 e. The second kappa shape index (κ2) is 8.89. The average molecular weight is 318 g/mol. The zero-order chi connectivity index (χ0) is 16.7. The van der Waals surface area contributed by atoms with Gasteiger partial charge >= 0.3 is 0 Å². The number of nitrogens with zero attached hydrogens (tertiary/aromatic N) is 2. The lowest BCUT2D eigenvalue weighted by atomic mass is 10.00. The number of benzene rings is 1. The lowest BCUT2D eigenvalue weighted by molar-refractivity contribution is -0.116. The third kappa shape index (κ3) is 5.52. The van der Waals surface area contributed by atoms with Crippen molar-refractivity contribution in [3.8, 4) is 0 Å². The van der Waals surface area contributed by atoms with Crippen LogP contribution in [0, 0.1) is 5.92 Å². The highest BCUT2D eigenvalue weighted by Crippen LogP contribution is 2.20. The summed E-state index contributed by atoms with van der Waals surface area (Å²) in [6, 6.07) is 8.41. The van der Waals surface area contributed by atoms with Gasteiger partial charge in [-0.1, -0.05) is 12.1 Å². The van der Waals surface area contributed by atoms with Gasteiger partial charge in [0.15, 0.2) is 0 Å². The molecule has 127 valence electrons. The largest absolute Gasteiger partial charge is 0.380 e. The molecule has 0 unspecified atom stereocenters. The Hall–Kier alpha value is -1.59. The minimum Gasteiger partial charge on any atom is -0.380 e. The normalized spacial score (nSPS) is 16.0. The standard InChI is InChI=1S/C18H28N3O2/c1-3-23-12-11-20-7-9-21(10-8-20)17-6-4-5-16(14-17)13-15(2)18(19)22/h4-6,14H,3,7-13H2,1-2H3,(H2,19,22). The number of carbonyl (C=O) groups is 1. The molecule has 1 amide bonds. The number of rotatable bonds is 8. The molecule has 1 aliphatic rings. The van der Waals surface area contributed by atoms with E-state index in [0.717, 1.165) is 51.5 Å². The van der Waals surface area contributed by atoms with Crippen molar-refractivity contribution in [1.29, 1.82) is 0 Å². The fourth-order valence-corrected chi connectivity index (χ4v) is 2.82. The van der Waals surface area contributed by atoms with Crippen molar-refractivity contribution in [2.45, 2.75) is 20.3 Å². The van der Waals surface area contributed by atoms with Gasteiger partial charge in [-0.25, -0.2) is 0 Å². The Morgan fingerprint density at radius 1 is 1.26 bits per heavy atom. The zero-order valence-electron chi connectivity index (χ0n) is 14.3. The van der Waals surface area contributed by atoms with Crippen molar-refractivity contribution in [3.63, 3.8) is 0 Å². The smallest absolute Gasteiger partial charge is 0.224 e. The number of carbonyl (C=O) groups excluding carboxylic acids is 1. The molecule has 0 atom stereocenters. The summed E-state index contributed by atoms with van der Waals surface area (Å²) < 4.78 is 5.42. The maximum atomic E-state index is 11.2. The molecule has 1 aromatic carbocycles. The second-order valence-corrected chi connectivity index (χ2v) is 6.02. The molecule has 5 nitrogen and oxygen atoms in total. The highest BCUT2D eigenvalue weighted by atomic mass is 16.5. The lowest BCUT2D eigenvalue weighted by Crippen LogP contribution is -2.47. The number of amides is 1. The summed E-state index contributed by atoms with van der Waals surface area (Å²) in [4.78, 5) is 16.0. The zero-order valence-corrected chi connectivity index (χ0v) is 14.3. The van der Waals surface area contributed by atoms with E-state index in [1.165, 1.54) is 5.69 Å². The summed E-state index contributed by atoms with van der Waals surface area (Å²) in [5.74, 6) is 0.376. The van der Waals surface area contributed by atoms with Crippen molar-refractivity contribution in [2.75, 3.05) is 50.8 Å². The Labute approximate surface area is 139 Å². The van der Waals surface area contributed by atoms with Crippen LogP contribution in [0.3, 0.4) is 0 Å². The van der Waals surface area contributed by atoms with Crippen LogP contribution in [-0.4, -0.2) is 56.7 Å². The first kappa shape index (κ1) is 17.8. The number of nitrogens with two attached hydrogens (primary N) is 1. The predicted octanol–water partition coefficient (Wildman–Crippen LogP) is 1.47. The molecule has 5 heteroatoms. The van der Waals surface area contributed by atoms with E-state index < -0.39 is 0 Å². The molecule has 0 spiro atoms. The topological polar surface area (TPSA) is 58.8 Å². The van der Waals surface area contributed by atoms with Crippen LogP contribution in [0.5, 0.6) is 0 Å².